The highest BCUT2D eigenvalue weighted by Crippen LogP contribution is 2.15. The summed E-state index contributed by atoms with van der Waals surface area (Å²) in [5.74, 6) is 0.444. The second kappa shape index (κ2) is 9.23. The molecule has 2 amide bonds. The third-order valence-electron chi connectivity index (χ3n) is 3.02. The third-order valence-corrected chi connectivity index (χ3v) is 4.04. The number of rotatable bonds is 8. The first kappa shape index (κ1) is 19.9. The molecule has 130 valence electrons. The fourth-order valence-corrected chi connectivity index (χ4v) is 2.89. The predicted molar refractivity (Wildman–Crippen MR) is 94.9 cm³/mol. The monoisotopic (exact) mass is 359 g/mol. The summed E-state index contributed by atoms with van der Waals surface area (Å²) in [6, 6.07) is 0. The summed E-state index contributed by atoms with van der Waals surface area (Å²) >= 11 is 7.31. The first-order chi connectivity index (χ1) is 10.7. The normalized spacial score (nSPS) is 12.5. The number of halogens is 1. The van der Waals surface area contributed by atoms with Crippen molar-refractivity contribution in [2.24, 2.45) is 11.8 Å². The maximum Gasteiger partial charge on any atom is 0.270 e. The molecule has 1 aromatic rings. The van der Waals surface area contributed by atoms with E-state index in [1.807, 2.05) is 27.7 Å². The van der Waals surface area contributed by atoms with E-state index >= 15 is 0 Å². The molecule has 0 aliphatic heterocycles. The fourth-order valence-electron chi connectivity index (χ4n) is 1.96. The van der Waals surface area contributed by atoms with Gasteiger partial charge in [0, 0.05) is 18.5 Å². The number of thiazole rings is 1. The van der Waals surface area contributed by atoms with Crippen LogP contribution in [0, 0.1) is 11.8 Å². The molecule has 0 bridgehead atoms. The van der Waals surface area contributed by atoms with Gasteiger partial charge in [-0.1, -0.05) is 27.7 Å². The van der Waals surface area contributed by atoms with Crippen molar-refractivity contribution >= 4 is 34.8 Å². The van der Waals surface area contributed by atoms with Gasteiger partial charge in [-0.25, -0.2) is 4.98 Å². The predicted octanol–water partition coefficient (Wildman–Crippen LogP) is 3.14. The van der Waals surface area contributed by atoms with Crippen molar-refractivity contribution < 1.29 is 9.59 Å². The zero-order chi connectivity index (χ0) is 17.6. The topological polar surface area (TPSA) is 62.3 Å². The number of nitrogens with zero attached hydrogens (tertiary/aromatic N) is 2. The SMILES string of the molecule is CC(C)CNC(=O)c1csc(CN(CC(C)C)C(=O)C(C)Cl)n1. The molecule has 0 aliphatic carbocycles. The molecule has 1 heterocycles. The molecule has 0 aromatic carbocycles. The maximum atomic E-state index is 12.2. The van der Waals surface area contributed by atoms with E-state index in [4.69, 9.17) is 11.6 Å². The van der Waals surface area contributed by atoms with Crippen LogP contribution >= 0.6 is 22.9 Å². The van der Waals surface area contributed by atoms with Gasteiger partial charge in [0.2, 0.25) is 5.91 Å². The zero-order valence-corrected chi connectivity index (χ0v) is 16.0. The second-order valence-electron chi connectivity index (χ2n) is 6.46. The van der Waals surface area contributed by atoms with Crippen molar-refractivity contribution in [3.05, 3.63) is 16.1 Å². The minimum atomic E-state index is -0.567. The van der Waals surface area contributed by atoms with E-state index in [1.54, 1.807) is 17.2 Å². The highest BCUT2D eigenvalue weighted by atomic mass is 35.5. The van der Waals surface area contributed by atoms with E-state index in [1.165, 1.54) is 11.3 Å². The Kier molecular flexibility index (Phi) is 7.99. The van der Waals surface area contributed by atoms with Crippen LogP contribution in [-0.2, 0) is 11.3 Å². The zero-order valence-electron chi connectivity index (χ0n) is 14.4. The van der Waals surface area contributed by atoms with Crippen LogP contribution in [0.5, 0.6) is 0 Å². The van der Waals surface area contributed by atoms with Crippen molar-refractivity contribution in [2.45, 2.75) is 46.5 Å². The lowest BCUT2D eigenvalue weighted by atomic mass is 10.2. The van der Waals surface area contributed by atoms with Crippen LogP contribution in [0.15, 0.2) is 5.38 Å². The van der Waals surface area contributed by atoms with Gasteiger partial charge in [0.15, 0.2) is 0 Å². The van der Waals surface area contributed by atoms with Gasteiger partial charge in [0.05, 0.1) is 6.54 Å². The van der Waals surface area contributed by atoms with E-state index in [9.17, 15) is 9.59 Å². The van der Waals surface area contributed by atoms with Gasteiger partial charge >= 0.3 is 0 Å². The first-order valence-corrected chi connectivity index (χ1v) is 9.17. The Morgan fingerprint density at radius 2 is 1.91 bits per heavy atom. The molecular formula is C16H26ClN3O2S. The second-order valence-corrected chi connectivity index (χ2v) is 8.06. The van der Waals surface area contributed by atoms with Crippen molar-refractivity contribution in [3.8, 4) is 0 Å². The lowest BCUT2D eigenvalue weighted by Gasteiger charge is -2.24. The number of carbonyl (C=O) groups is 2. The lowest BCUT2D eigenvalue weighted by molar-refractivity contribution is -0.131. The number of amides is 2. The molecular weight excluding hydrogens is 334 g/mol. The maximum absolute atomic E-state index is 12.2. The standard InChI is InChI=1S/C16H26ClN3O2S/c1-10(2)6-18-15(21)13-9-23-14(19-13)8-20(7-11(3)4)16(22)12(5)17/h9-12H,6-8H2,1-5H3,(H,18,21). The van der Waals surface area contributed by atoms with Gasteiger partial charge < -0.3 is 10.2 Å². The molecule has 1 rings (SSSR count). The van der Waals surface area contributed by atoms with E-state index in [0.717, 1.165) is 5.01 Å². The Bertz CT molecular complexity index is 529. The van der Waals surface area contributed by atoms with Crippen LogP contribution in [0.2, 0.25) is 0 Å². The number of carbonyl (C=O) groups excluding carboxylic acids is 2. The molecule has 0 saturated carbocycles. The Morgan fingerprint density at radius 3 is 2.43 bits per heavy atom. The molecule has 1 N–H and O–H groups in total. The van der Waals surface area contributed by atoms with E-state index in [-0.39, 0.29) is 11.8 Å². The Balaban J connectivity index is 2.74. The summed E-state index contributed by atoms with van der Waals surface area (Å²) in [5, 5.41) is 4.75. The van der Waals surface area contributed by atoms with Crippen molar-refractivity contribution in [1.29, 1.82) is 0 Å². The Labute approximate surface area is 147 Å². The average molecular weight is 360 g/mol. The van der Waals surface area contributed by atoms with E-state index in [2.05, 4.69) is 10.3 Å². The van der Waals surface area contributed by atoms with Crippen molar-refractivity contribution in [1.82, 2.24) is 15.2 Å². The van der Waals surface area contributed by atoms with Gasteiger partial charge in [-0.2, -0.15) is 0 Å². The van der Waals surface area contributed by atoms with Crippen LogP contribution < -0.4 is 5.32 Å². The highest BCUT2D eigenvalue weighted by molar-refractivity contribution is 7.09. The highest BCUT2D eigenvalue weighted by Gasteiger charge is 2.21. The Morgan fingerprint density at radius 1 is 1.26 bits per heavy atom. The molecule has 7 heteroatoms. The molecule has 1 aromatic heterocycles. The van der Waals surface area contributed by atoms with Crippen LogP contribution in [0.4, 0.5) is 0 Å². The van der Waals surface area contributed by atoms with Crippen LogP contribution in [0.1, 0.15) is 50.1 Å². The van der Waals surface area contributed by atoms with E-state index in [0.29, 0.717) is 37.2 Å². The molecule has 1 unspecified atom stereocenters. The summed E-state index contributed by atoms with van der Waals surface area (Å²) in [7, 11) is 0. The number of hydrogen-bond donors (Lipinski definition) is 1. The molecule has 0 spiro atoms. The third kappa shape index (κ3) is 6.87. The lowest BCUT2D eigenvalue weighted by Crippen LogP contribution is -2.37. The Hall–Kier alpha value is -1.14. The van der Waals surface area contributed by atoms with Gasteiger partial charge in [0.1, 0.15) is 16.1 Å². The first-order valence-electron chi connectivity index (χ1n) is 7.86. The number of hydrogen-bond acceptors (Lipinski definition) is 4. The summed E-state index contributed by atoms with van der Waals surface area (Å²) in [6.07, 6.45) is 0. The molecule has 0 radical (unpaired) electrons. The van der Waals surface area contributed by atoms with Crippen molar-refractivity contribution in [3.63, 3.8) is 0 Å². The molecule has 0 fully saturated rings. The number of nitrogens with one attached hydrogen (secondary N) is 1. The van der Waals surface area contributed by atoms with Gasteiger partial charge in [-0.3, -0.25) is 9.59 Å². The minimum absolute atomic E-state index is 0.110. The van der Waals surface area contributed by atoms with Crippen molar-refractivity contribution in [2.75, 3.05) is 13.1 Å². The largest absolute Gasteiger partial charge is 0.350 e. The summed E-state index contributed by atoms with van der Waals surface area (Å²) in [4.78, 5) is 30.2. The molecule has 0 aliphatic rings. The number of alkyl halides is 1. The minimum Gasteiger partial charge on any atom is -0.350 e. The van der Waals surface area contributed by atoms with Crippen LogP contribution in [0.3, 0.4) is 0 Å². The van der Waals surface area contributed by atoms with Crippen LogP contribution in [0.25, 0.3) is 0 Å². The van der Waals surface area contributed by atoms with E-state index < -0.39 is 5.38 Å². The summed E-state index contributed by atoms with van der Waals surface area (Å²) in [5.41, 5.74) is 0.404. The fraction of sp³-hybridized carbons (Fsp3) is 0.688. The smallest absolute Gasteiger partial charge is 0.270 e. The quantitative estimate of drug-likeness (QED) is 0.725. The summed E-state index contributed by atoms with van der Waals surface area (Å²) in [6.45, 7) is 11.5. The molecule has 0 saturated heterocycles. The average Bonchev–Trinajstić information content (AvgIpc) is 2.91. The van der Waals surface area contributed by atoms with Gasteiger partial charge in [0.25, 0.3) is 5.91 Å². The molecule has 23 heavy (non-hydrogen) atoms. The molecule has 1 atom stereocenters. The van der Waals surface area contributed by atoms with Gasteiger partial charge in [-0.05, 0) is 18.8 Å². The number of aromatic nitrogens is 1. The summed E-state index contributed by atoms with van der Waals surface area (Å²) < 4.78 is 0. The van der Waals surface area contributed by atoms with Crippen LogP contribution in [-0.4, -0.2) is 40.2 Å². The van der Waals surface area contributed by atoms with Gasteiger partial charge in [-0.15, -0.1) is 22.9 Å². The molecule has 5 nitrogen and oxygen atoms in total.